The van der Waals surface area contributed by atoms with E-state index in [2.05, 4.69) is 4.74 Å². The van der Waals surface area contributed by atoms with E-state index in [0.717, 1.165) is 9.79 Å². The van der Waals surface area contributed by atoms with Crippen molar-refractivity contribution in [1.82, 2.24) is 0 Å². The SMILES string of the molecule is COC(=O)c1ccc(Sc2ccc(C(=O)O)cc2)cc1CC(=O)O. The molecule has 24 heavy (non-hydrogen) atoms. The molecule has 0 radical (unpaired) electrons. The van der Waals surface area contributed by atoms with Crippen LogP contribution in [0.5, 0.6) is 0 Å². The summed E-state index contributed by atoms with van der Waals surface area (Å²) in [6.45, 7) is 0. The minimum absolute atomic E-state index is 0.187. The second-order valence-corrected chi connectivity index (χ2v) is 5.96. The van der Waals surface area contributed by atoms with Gasteiger partial charge in [-0.3, -0.25) is 4.79 Å². The highest BCUT2D eigenvalue weighted by Crippen LogP contribution is 2.30. The Morgan fingerprint density at radius 3 is 2.17 bits per heavy atom. The molecule has 0 spiro atoms. The van der Waals surface area contributed by atoms with Crippen molar-refractivity contribution in [3.05, 3.63) is 59.2 Å². The Bertz CT molecular complexity index is 782. The normalized spacial score (nSPS) is 10.2. The maximum Gasteiger partial charge on any atom is 0.338 e. The molecule has 6 nitrogen and oxygen atoms in total. The van der Waals surface area contributed by atoms with Crippen molar-refractivity contribution >= 4 is 29.7 Å². The monoisotopic (exact) mass is 346 g/mol. The number of carboxylic acids is 2. The van der Waals surface area contributed by atoms with Gasteiger partial charge in [0.25, 0.3) is 0 Å². The summed E-state index contributed by atoms with van der Waals surface area (Å²) in [7, 11) is 1.24. The molecule has 0 aliphatic heterocycles. The van der Waals surface area contributed by atoms with E-state index in [-0.39, 0.29) is 17.5 Å². The first-order chi connectivity index (χ1) is 11.4. The van der Waals surface area contributed by atoms with Crippen molar-refractivity contribution in [3.8, 4) is 0 Å². The molecule has 2 N–H and O–H groups in total. The standard InChI is InChI=1S/C17H14O6S/c1-23-17(22)14-7-6-13(8-11(14)9-15(18)19)24-12-4-2-10(3-5-12)16(20)21/h2-8H,9H2,1H3,(H,18,19)(H,20,21). The van der Waals surface area contributed by atoms with Crippen LogP contribution in [0.25, 0.3) is 0 Å². The molecule has 0 bridgehead atoms. The third kappa shape index (κ3) is 4.36. The van der Waals surface area contributed by atoms with Crippen LogP contribution in [-0.4, -0.2) is 35.2 Å². The Morgan fingerprint density at radius 2 is 1.62 bits per heavy atom. The zero-order chi connectivity index (χ0) is 17.7. The van der Waals surface area contributed by atoms with E-state index in [9.17, 15) is 14.4 Å². The molecule has 2 rings (SSSR count). The summed E-state index contributed by atoms with van der Waals surface area (Å²) >= 11 is 1.34. The van der Waals surface area contributed by atoms with Crippen LogP contribution in [0, 0.1) is 0 Å². The van der Waals surface area contributed by atoms with Gasteiger partial charge in [-0.15, -0.1) is 0 Å². The van der Waals surface area contributed by atoms with Crippen LogP contribution in [0.3, 0.4) is 0 Å². The predicted octanol–water partition coefficient (Wildman–Crippen LogP) is 2.95. The molecule has 0 aromatic heterocycles. The molecule has 0 saturated carbocycles. The van der Waals surface area contributed by atoms with E-state index >= 15 is 0 Å². The van der Waals surface area contributed by atoms with E-state index in [4.69, 9.17) is 10.2 Å². The van der Waals surface area contributed by atoms with Crippen molar-refractivity contribution in [2.24, 2.45) is 0 Å². The van der Waals surface area contributed by atoms with E-state index in [1.165, 1.54) is 37.1 Å². The number of esters is 1. The lowest BCUT2D eigenvalue weighted by molar-refractivity contribution is -0.136. The maximum atomic E-state index is 11.7. The van der Waals surface area contributed by atoms with Crippen LogP contribution in [-0.2, 0) is 16.0 Å². The Labute approximate surface area is 142 Å². The molecule has 0 fully saturated rings. The summed E-state index contributed by atoms with van der Waals surface area (Å²) in [5.41, 5.74) is 0.763. The van der Waals surface area contributed by atoms with Crippen LogP contribution >= 0.6 is 11.8 Å². The van der Waals surface area contributed by atoms with Gasteiger partial charge in [0, 0.05) is 9.79 Å². The third-order valence-corrected chi connectivity index (χ3v) is 4.16. The number of carbonyl (C=O) groups is 3. The fourth-order valence-corrected chi connectivity index (χ4v) is 2.94. The molecule has 0 heterocycles. The Kier molecular flexibility index (Phi) is 5.59. The third-order valence-electron chi connectivity index (χ3n) is 3.16. The van der Waals surface area contributed by atoms with Crippen molar-refractivity contribution in [2.45, 2.75) is 16.2 Å². The smallest absolute Gasteiger partial charge is 0.338 e. The lowest BCUT2D eigenvalue weighted by atomic mass is 10.0. The second-order valence-electron chi connectivity index (χ2n) is 4.81. The number of aromatic carboxylic acids is 1. The van der Waals surface area contributed by atoms with Crippen molar-refractivity contribution < 1.29 is 29.3 Å². The fraction of sp³-hybridized carbons (Fsp3) is 0.118. The first kappa shape index (κ1) is 17.6. The van der Waals surface area contributed by atoms with Crippen molar-refractivity contribution in [3.63, 3.8) is 0 Å². The molecule has 124 valence electrons. The number of carbonyl (C=O) groups excluding carboxylic acids is 1. The molecule has 0 aliphatic rings. The number of ether oxygens (including phenoxy) is 1. The summed E-state index contributed by atoms with van der Waals surface area (Å²) in [5, 5.41) is 17.9. The summed E-state index contributed by atoms with van der Waals surface area (Å²) in [6.07, 6.45) is -0.295. The minimum atomic E-state index is -1.05. The van der Waals surface area contributed by atoms with Crippen LogP contribution in [0.4, 0.5) is 0 Å². The summed E-state index contributed by atoms with van der Waals surface area (Å²) in [5.74, 6) is -2.64. The molecule has 7 heteroatoms. The number of carboxylic acid groups (broad SMARTS) is 2. The molecule has 2 aromatic carbocycles. The topological polar surface area (TPSA) is 101 Å². The largest absolute Gasteiger partial charge is 0.481 e. The van der Waals surface area contributed by atoms with Gasteiger partial charge in [0.15, 0.2) is 0 Å². The van der Waals surface area contributed by atoms with E-state index < -0.39 is 17.9 Å². The summed E-state index contributed by atoms with van der Waals surface area (Å²) in [4.78, 5) is 35.1. The van der Waals surface area contributed by atoms with E-state index in [1.54, 1.807) is 24.3 Å². The Balaban J connectivity index is 2.28. The van der Waals surface area contributed by atoms with Gasteiger partial charge in [0.1, 0.15) is 0 Å². The highest BCUT2D eigenvalue weighted by Gasteiger charge is 2.15. The fourth-order valence-electron chi connectivity index (χ4n) is 2.05. The van der Waals surface area contributed by atoms with Gasteiger partial charge in [0.05, 0.1) is 24.7 Å². The van der Waals surface area contributed by atoms with Gasteiger partial charge in [-0.2, -0.15) is 0 Å². The van der Waals surface area contributed by atoms with Gasteiger partial charge in [-0.25, -0.2) is 9.59 Å². The van der Waals surface area contributed by atoms with Crippen LogP contribution in [0.2, 0.25) is 0 Å². The number of hydrogen-bond acceptors (Lipinski definition) is 5. The maximum absolute atomic E-state index is 11.7. The zero-order valence-electron chi connectivity index (χ0n) is 12.7. The van der Waals surface area contributed by atoms with Crippen LogP contribution < -0.4 is 0 Å². The molecule has 2 aromatic rings. The first-order valence-electron chi connectivity index (χ1n) is 6.85. The number of aliphatic carboxylic acids is 1. The zero-order valence-corrected chi connectivity index (χ0v) is 13.5. The second kappa shape index (κ2) is 7.65. The average molecular weight is 346 g/mol. The first-order valence-corrected chi connectivity index (χ1v) is 7.66. The van der Waals surface area contributed by atoms with E-state index in [0.29, 0.717) is 5.56 Å². The van der Waals surface area contributed by atoms with Gasteiger partial charge in [-0.05, 0) is 48.0 Å². The minimum Gasteiger partial charge on any atom is -0.481 e. The highest BCUT2D eigenvalue weighted by atomic mass is 32.2. The lowest BCUT2D eigenvalue weighted by Gasteiger charge is -2.09. The van der Waals surface area contributed by atoms with Gasteiger partial charge in [-0.1, -0.05) is 11.8 Å². The van der Waals surface area contributed by atoms with Gasteiger partial charge in [0.2, 0.25) is 0 Å². The molecule has 0 amide bonds. The molecular weight excluding hydrogens is 332 g/mol. The average Bonchev–Trinajstić information content (AvgIpc) is 2.54. The molecule has 0 unspecified atom stereocenters. The quantitative estimate of drug-likeness (QED) is 0.775. The van der Waals surface area contributed by atoms with E-state index in [1.807, 2.05) is 0 Å². The summed E-state index contributed by atoms with van der Waals surface area (Å²) in [6, 6.07) is 11.2. The van der Waals surface area contributed by atoms with Crippen molar-refractivity contribution in [1.29, 1.82) is 0 Å². The molecular formula is C17H14O6S. The highest BCUT2D eigenvalue weighted by molar-refractivity contribution is 7.99. The molecule has 0 saturated heterocycles. The predicted molar refractivity (Wildman–Crippen MR) is 86.6 cm³/mol. The Morgan fingerprint density at radius 1 is 1.00 bits per heavy atom. The molecule has 0 aliphatic carbocycles. The van der Waals surface area contributed by atoms with Gasteiger partial charge >= 0.3 is 17.9 Å². The number of methoxy groups -OCH3 is 1. The molecule has 0 atom stereocenters. The number of hydrogen-bond donors (Lipinski definition) is 2. The van der Waals surface area contributed by atoms with Crippen molar-refractivity contribution in [2.75, 3.05) is 7.11 Å². The number of benzene rings is 2. The Hall–Kier alpha value is -2.80. The van der Waals surface area contributed by atoms with Crippen LogP contribution in [0.15, 0.2) is 52.3 Å². The lowest BCUT2D eigenvalue weighted by Crippen LogP contribution is -2.09. The van der Waals surface area contributed by atoms with Crippen LogP contribution in [0.1, 0.15) is 26.3 Å². The summed E-state index contributed by atoms with van der Waals surface area (Å²) < 4.78 is 4.66. The number of rotatable bonds is 6. The van der Waals surface area contributed by atoms with Gasteiger partial charge < -0.3 is 14.9 Å².